The van der Waals surface area contributed by atoms with Gasteiger partial charge in [0, 0.05) is 31.7 Å². The van der Waals surface area contributed by atoms with Crippen LogP contribution in [-0.4, -0.2) is 42.6 Å². The lowest BCUT2D eigenvalue weighted by Gasteiger charge is -2.38. The second-order valence-electron chi connectivity index (χ2n) is 6.57. The Morgan fingerprint density at radius 2 is 2.15 bits per heavy atom. The molecule has 4 atom stereocenters. The van der Waals surface area contributed by atoms with Crippen molar-refractivity contribution in [3.8, 4) is 0 Å². The van der Waals surface area contributed by atoms with Gasteiger partial charge in [-0.05, 0) is 44.4 Å². The van der Waals surface area contributed by atoms with Gasteiger partial charge in [-0.2, -0.15) is 0 Å². The SMILES string of the molecule is CCCOC1CCCN(C(=O)C2CCC(C)C(N)C2)C1. The molecule has 0 spiro atoms. The fourth-order valence-electron chi connectivity index (χ4n) is 3.40. The van der Waals surface area contributed by atoms with Crippen molar-refractivity contribution >= 4 is 5.91 Å². The summed E-state index contributed by atoms with van der Waals surface area (Å²) in [5.41, 5.74) is 6.13. The Morgan fingerprint density at radius 1 is 1.35 bits per heavy atom. The topological polar surface area (TPSA) is 55.6 Å². The van der Waals surface area contributed by atoms with Gasteiger partial charge in [0.05, 0.1) is 6.10 Å². The molecule has 4 nitrogen and oxygen atoms in total. The average Bonchev–Trinajstić information content (AvgIpc) is 2.47. The van der Waals surface area contributed by atoms with Crippen LogP contribution < -0.4 is 5.73 Å². The van der Waals surface area contributed by atoms with Crippen molar-refractivity contribution in [1.29, 1.82) is 0 Å². The van der Waals surface area contributed by atoms with Crippen LogP contribution in [0.3, 0.4) is 0 Å². The van der Waals surface area contributed by atoms with Crippen LogP contribution in [0, 0.1) is 11.8 Å². The molecule has 1 amide bonds. The zero-order valence-corrected chi connectivity index (χ0v) is 13.0. The van der Waals surface area contributed by atoms with Crippen LogP contribution in [0.25, 0.3) is 0 Å². The first kappa shape index (κ1) is 15.8. The van der Waals surface area contributed by atoms with Gasteiger partial charge in [-0.3, -0.25) is 4.79 Å². The maximum atomic E-state index is 12.6. The Kier molecular flexibility index (Phi) is 5.85. The third-order valence-electron chi connectivity index (χ3n) is 4.85. The second-order valence-corrected chi connectivity index (χ2v) is 6.57. The summed E-state index contributed by atoms with van der Waals surface area (Å²) in [6.07, 6.45) is 6.38. The predicted molar refractivity (Wildman–Crippen MR) is 80.3 cm³/mol. The Balaban J connectivity index is 1.85. The fraction of sp³-hybridized carbons (Fsp3) is 0.938. The molecule has 4 unspecified atom stereocenters. The van der Waals surface area contributed by atoms with Crippen LogP contribution in [-0.2, 0) is 9.53 Å². The van der Waals surface area contributed by atoms with E-state index in [1.807, 2.05) is 4.90 Å². The zero-order chi connectivity index (χ0) is 14.5. The summed E-state index contributed by atoms with van der Waals surface area (Å²) in [7, 11) is 0. The standard InChI is InChI=1S/C16H30N2O2/c1-3-9-20-14-5-4-8-18(11-14)16(19)13-7-6-12(2)15(17)10-13/h12-15H,3-11,17H2,1-2H3. The Hall–Kier alpha value is -0.610. The summed E-state index contributed by atoms with van der Waals surface area (Å²) < 4.78 is 5.82. The molecular formula is C16H30N2O2. The number of carbonyl (C=O) groups excluding carboxylic acids is 1. The van der Waals surface area contributed by atoms with Crippen LogP contribution >= 0.6 is 0 Å². The van der Waals surface area contributed by atoms with E-state index in [2.05, 4.69) is 13.8 Å². The van der Waals surface area contributed by atoms with Gasteiger partial charge in [0.15, 0.2) is 0 Å². The molecular weight excluding hydrogens is 252 g/mol. The smallest absolute Gasteiger partial charge is 0.225 e. The largest absolute Gasteiger partial charge is 0.376 e. The lowest BCUT2D eigenvalue weighted by Crippen LogP contribution is -2.48. The highest BCUT2D eigenvalue weighted by Crippen LogP contribution is 2.30. The lowest BCUT2D eigenvalue weighted by molar-refractivity contribution is -0.141. The van der Waals surface area contributed by atoms with Gasteiger partial charge in [0.2, 0.25) is 5.91 Å². The van der Waals surface area contributed by atoms with E-state index in [9.17, 15) is 4.79 Å². The van der Waals surface area contributed by atoms with Crippen molar-refractivity contribution < 1.29 is 9.53 Å². The molecule has 116 valence electrons. The molecule has 0 radical (unpaired) electrons. The molecule has 2 fully saturated rings. The van der Waals surface area contributed by atoms with E-state index < -0.39 is 0 Å². The van der Waals surface area contributed by atoms with Crippen LogP contribution in [0.2, 0.25) is 0 Å². The first-order chi connectivity index (χ1) is 9.61. The number of hydrogen-bond acceptors (Lipinski definition) is 3. The van der Waals surface area contributed by atoms with Gasteiger partial charge >= 0.3 is 0 Å². The quantitative estimate of drug-likeness (QED) is 0.859. The normalized spacial score (nSPS) is 35.0. The highest BCUT2D eigenvalue weighted by Gasteiger charge is 2.34. The van der Waals surface area contributed by atoms with E-state index in [0.29, 0.717) is 11.8 Å². The van der Waals surface area contributed by atoms with Gasteiger partial charge in [0.25, 0.3) is 0 Å². The van der Waals surface area contributed by atoms with Gasteiger partial charge in [0.1, 0.15) is 0 Å². The molecule has 0 aromatic carbocycles. The van der Waals surface area contributed by atoms with Gasteiger partial charge in [-0.15, -0.1) is 0 Å². The molecule has 1 heterocycles. The van der Waals surface area contributed by atoms with E-state index in [1.54, 1.807) is 0 Å². The maximum Gasteiger partial charge on any atom is 0.225 e. The maximum absolute atomic E-state index is 12.6. The third kappa shape index (κ3) is 3.95. The number of nitrogens with zero attached hydrogens (tertiary/aromatic N) is 1. The van der Waals surface area contributed by atoms with E-state index in [0.717, 1.165) is 58.2 Å². The lowest BCUT2D eigenvalue weighted by atomic mass is 9.79. The van der Waals surface area contributed by atoms with Gasteiger partial charge < -0.3 is 15.4 Å². The molecule has 0 aromatic heterocycles. The number of hydrogen-bond donors (Lipinski definition) is 1. The molecule has 4 heteroatoms. The van der Waals surface area contributed by atoms with E-state index in [4.69, 9.17) is 10.5 Å². The molecule has 1 aliphatic heterocycles. The van der Waals surface area contributed by atoms with Crippen molar-refractivity contribution in [1.82, 2.24) is 4.90 Å². The van der Waals surface area contributed by atoms with E-state index in [-0.39, 0.29) is 18.1 Å². The van der Waals surface area contributed by atoms with Crippen molar-refractivity contribution in [3.05, 3.63) is 0 Å². The van der Waals surface area contributed by atoms with Crippen molar-refractivity contribution in [3.63, 3.8) is 0 Å². The fourth-order valence-corrected chi connectivity index (χ4v) is 3.40. The highest BCUT2D eigenvalue weighted by atomic mass is 16.5. The average molecular weight is 282 g/mol. The molecule has 0 bridgehead atoms. The van der Waals surface area contributed by atoms with Crippen molar-refractivity contribution in [2.24, 2.45) is 17.6 Å². The molecule has 1 saturated heterocycles. The van der Waals surface area contributed by atoms with Gasteiger partial charge in [-0.25, -0.2) is 0 Å². The molecule has 2 rings (SSSR count). The molecule has 0 aromatic rings. The van der Waals surface area contributed by atoms with Crippen molar-refractivity contribution in [2.75, 3.05) is 19.7 Å². The summed E-state index contributed by atoms with van der Waals surface area (Å²) in [5.74, 6) is 1.02. The number of piperidine rings is 1. The van der Waals surface area contributed by atoms with E-state index >= 15 is 0 Å². The summed E-state index contributed by atoms with van der Waals surface area (Å²) >= 11 is 0. The van der Waals surface area contributed by atoms with Crippen LogP contribution in [0.1, 0.15) is 52.4 Å². The Labute approximate surface area is 123 Å². The number of amides is 1. The molecule has 20 heavy (non-hydrogen) atoms. The van der Waals surface area contributed by atoms with Crippen LogP contribution in [0.5, 0.6) is 0 Å². The summed E-state index contributed by atoms with van der Waals surface area (Å²) in [6, 6.07) is 0.189. The molecule has 1 saturated carbocycles. The first-order valence-electron chi connectivity index (χ1n) is 8.27. The van der Waals surface area contributed by atoms with Crippen LogP contribution in [0.15, 0.2) is 0 Å². The number of rotatable bonds is 4. The number of likely N-dealkylation sites (tertiary alicyclic amines) is 1. The molecule has 1 aliphatic carbocycles. The summed E-state index contributed by atoms with van der Waals surface area (Å²) in [5, 5.41) is 0. The highest BCUT2D eigenvalue weighted by molar-refractivity contribution is 5.79. The molecule has 2 aliphatic rings. The number of carbonyl (C=O) groups is 1. The van der Waals surface area contributed by atoms with E-state index in [1.165, 1.54) is 0 Å². The second kappa shape index (κ2) is 7.41. The van der Waals surface area contributed by atoms with Crippen LogP contribution in [0.4, 0.5) is 0 Å². The predicted octanol–water partition coefficient (Wildman–Crippen LogP) is 2.17. The summed E-state index contributed by atoms with van der Waals surface area (Å²) in [4.78, 5) is 14.7. The minimum atomic E-state index is 0.145. The zero-order valence-electron chi connectivity index (χ0n) is 13.0. The van der Waals surface area contributed by atoms with Crippen molar-refractivity contribution in [2.45, 2.75) is 64.5 Å². The number of ether oxygens (including phenoxy) is 1. The number of nitrogens with two attached hydrogens (primary N) is 1. The molecule has 2 N–H and O–H groups in total. The minimum Gasteiger partial charge on any atom is -0.376 e. The summed E-state index contributed by atoms with van der Waals surface area (Å²) in [6.45, 7) is 6.79. The third-order valence-corrected chi connectivity index (χ3v) is 4.85. The minimum absolute atomic E-state index is 0.145. The first-order valence-corrected chi connectivity index (χ1v) is 8.27. The monoisotopic (exact) mass is 282 g/mol. The Morgan fingerprint density at radius 3 is 2.85 bits per heavy atom. The van der Waals surface area contributed by atoms with Gasteiger partial charge in [-0.1, -0.05) is 13.8 Å². The Bertz CT molecular complexity index is 322.